The number of fused-ring (bicyclic) bond motifs is 3. The summed E-state index contributed by atoms with van der Waals surface area (Å²) < 4.78 is 17.2. The van der Waals surface area contributed by atoms with E-state index in [0.29, 0.717) is 34.5 Å². The average molecular weight is 403 g/mol. The van der Waals surface area contributed by atoms with Crippen LogP contribution in [0.25, 0.3) is 11.0 Å². The SMILES string of the molecule is COc1cc2c(c3oc(=O)c(CC(=O)NC(C)C(=O)O)c(C)c13)CCC(C)(C)O2. The number of benzene rings is 1. The third kappa shape index (κ3) is 3.92. The molecule has 2 aromatic rings. The number of carbonyl (C=O) groups is 2. The largest absolute Gasteiger partial charge is 0.496 e. The number of rotatable bonds is 5. The molecule has 0 saturated heterocycles. The zero-order chi connectivity index (χ0) is 21.5. The second-order valence-electron chi connectivity index (χ2n) is 7.92. The fourth-order valence-electron chi connectivity index (χ4n) is 3.56. The van der Waals surface area contributed by atoms with Crippen molar-refractivity contribution in [2.45, 2.75) is 58.6 Å². The number of carboxylic acids is 1. The highest BCUT2D eigenvalue weighted by atomic mass is 16.5. The normalized spacial score (nSPS) is 15.9. The van der Waals surface area contributed by atoms with E-state index in [1.54, 1.807) is 13.0 Å². The number of hydrogen-bond donors (Lipinski definition) is 2. The first-order valence-electron chi connectivity index (χ1n) is 9.41. The van der Waals surface area contributed by atoms with Crippen LogP contribution in [0.3, 0.4) is 0 Å². The number of ether oxygens (including phenoxy) is 2. The standard InChI is InChI=1S/C21H25NO7/c1-10-13(8-16(23)22-11(2)19(24)25)20(26)28-18-12-6-7-21(3,4)29-14(12)9-15(27-5)17(10)18/h9,11H,6-8H2,1-5H3,(H,22,23)(H,24,25). The van der Waals surface area contributed by atoms with E-state index >= 15 is 0 Å². The summed E-state index contributed by atoms with van der Waals surface area (Å²) >= 11 is 0. The Kier molecular flexibility index (Phi) is 5.30. The molecule has 0 radical (unpaired) electrons. The van der Waals surface area contributed by atoms with E-state index in [1.807, 2.05) is 13.8 Å². The van der Waals surface area contributed by atoms with Gasteiger partial charge in [-0.25, -0.2) is 4.79 Å². The molecule has 1 aliphatic rings. The van der Waals surface area contributed by atoms with Gasteiger partial charge in [0.05, 0.1) is 24.5 Å². The number of hydrogen-bond acceptors (Lipinski definition) is 6. The van der Waals surface area contributed by atoms with E-state index in [9.17, 15) is 14.4 Å². The van der Waals surface area contributed by atoms with E-state index in [4.69, 9.17) is 19.0 Å². The van der Waals surface area contributed by atoms with Crippen molar-refractivity contribution >= 4 is 22.8 Å². The van der Waals surface area contributed by atoms with Crippen LogP contribution in [0.1, 0.15) is 43.9 Å². The van der Waals surface area contributed by atoms with Gasteiger partial charge in [0, 0.05) is 11.6 Å². The Morgan fingerprint density at radius 1 is 1.38 bits per heavy atom. The van der Waals surface area contributed by atoms with Crippen molar-refractivity contribution in [2.24, 2.45) is 0 Å². The van der Waals surface area contributed by atoms with Gasteiger partial charge in [0.25, 0.3) is 0 Å². The lowest BCUT2D eigenvalue weighted by Gasteiger charge is -2.33. The Bertz CT molecular complexity index is 1050. The van der Waals surface area contributed by atoms with Crippen molar-refractivity contribution in [1.29, 1.82) is 0 Å². The van der Waals surface area contributed by atoms with Gasteiger partial charge in [-0.2, -0.15) is 0 Å². The van der Waals surface area contributed by atoms with Crippen LogP contribution in [0.2, 0.25) is 0 Å². The summed E-state index contributed by atoms with van der Waals surface area (Å²) in [5.74, 6) is -0.624. The molecule has 2 heterocycles. The second-order valence-corrected chi connectivity index (χ2v) is 7.92. The molecular weight excluding hydrogens is 378 g/mol. The maximum atomic E-state index is 12.7. The van der Waals surface area contributed by atoms with Crippen molar-refractivity contribution in [3.63, 3.8) is 0 Å². The molecule has 29 heavy (non-hydrogen) atoms. The molecule has 1 unspecified atom stereocenters. The zero-order valence-corrected chi connectivity index (χ0v) is 17.2. The second kappa shape index (κ2) is 7.42. The number of aliphatic carboxylic acids is 1. The van der Waals surface area contributed by atoms with Crippen LogP contribution in [0.4, 0.5) is 0 Å². The Hall–Kier alpha value is -3.03. The number of amides is 1. The first-order valence-corrected chi connectivity index (χ1v) is 9.41. The molecule has 1 aromatic heterocycles. The molecule has 0 saturated carbocycles. The Morgan fingerprint density at radius 2 is 2.07 bits per heavy atom. The van der Waals surface area contributed by atoms with Crippen LogP contribution < -0.4 is 20.4 Å². The van der Waals surface area contributed by atoms with Crippen molar-refractivity contribution in [3.8, 4) is 11.5 Å². The monoisotopic (exact) mass is 403 g/mol. The molecule has 0 aliphatic carbocycles. The molecule has 2 N–H and O–H groups in total. The highest BCUT2D eigenvalue weighted by Crippen LogP contribution is 2.43. The number of aryl methyl sites for hydroxylation is 2. The smallest absolute Gasteiger partial charge is 0.340 e. The fourth-order valence-corrected chi connectivity index (χ4v) is 3.56. The minimum atomic E-state index is -1.16. The highest BCUT2D eigenvalue weighted by molar-refractivity contribution is 5.93. The summed E-state index contributed by atoms with van der Waals surface area (Å²) in [7, 11) is 1.51. The molecule has 1 atom stereocenters. The van der Waals surface area contributed by atoms with Crippen molar-refractivity contribution in [3.05, 3.63) is 33.2 Å². The zero-order valence-electron chi connectivity index (χ0n) is 17.2. The number of methoxy groups -OCH3 is 1. The van der Waals surface area contributed by atoms with Crippen molar-refractivity contribution < 1.29 is 28.6 Å². The van der Waals surface area contributed by atoms with Gasteiger partial charge < -0.3 is 24.3 Å². The predicted octanol–water partition coefficient (Wildman–Crippen LogP) is 2.35. The van der Waals surface area contributed by atoms with E-state index in [1.165, 1.54) is 14.0 Å². The first kappa shape index (κ1) is 20.7. The van der Waals surface area contributed by atoms with Crippen LogP contribution >= 0.6 is 0 Å². The molecule has 3 rings (SSSR count). The lowest BCUT2D eigenvalue weighted by Crippen LogP contribution is -2.39. The summed E-state index contributed by atoms with van der Waals surface area (Å²) in [5, 5.41) is 11.9. The number of carbonyl (C=O) groups excluding carboxylic acids is 1. The molecule has 1 aromatic carbocycles. The molecular formula is C21H25NO7. The van der Waals surface area contributed by atoms with Crippen LogP contribution in [-0.4, -0.2) is 35.7 Å². The molecule has 0 fully saturated rings. The average Bonchev–Trinajstić information content (AvgIpc) is 2.62. The highest BCUT2D eigenvalue weighted by Gasteiger charge is 2.31. The third-order valence-electron chi connectivity index (χ3n) is 5.24. The summed E-state index contributed by atoms with van der Waals surface area (Å²) in [6.45, 7) is 7.07. The fraction of sp³-hybridized carbons (Fsp3) is 0.476. The minimum absolute atomic E-state index is 0.169. The van der Waals surface area contributed by atoms with Gasteiger partial charge in [0.15, 0.2) is 0 Å². The molecule has 8 heteroatoms. The van der Waals surface area contributed by atoms with E-state index in [2.05, 4.69) is 5.32 Å². The molecule has 0 bridgehead atoms. The van der Waals surface area contributed by atoms with Gasteiger partial charge in [-0.15, -0.1) is 0 Å². The summed E-state index contributed by atoms with van der Waals surface area (Å²) in [6, 6.07) is 0.722. The van der Waals surface area contributed by atoms with Gasteiger partial charge in [-0.3, -0.25) is 9.59 Å². The van der Waals surface area contributed by atoms with Gasteiger partial charge in [-0.05, 0) is 46.1 Å². The van der Waals surface area contributed by atoms with Crippen LogP contribution in [0.15, 0.2) is 15.3 Å². The molecule has 0 spiro atoms. The third-order valence-corrected chi connectivity index (χ3v) is 5.24. The molecule has 156 valence electrons. The predicted molar refractivity (Wildman–Crippen MR) is 106 cm³/mol. The maximum Gasteiger partial charge on any atom is 0.340 e. The minimum Gasteiger partial charge on any atom is -0.496 e. The quantitative estimate of drug-likeness (QED) is 0.736. The first-order chi connectivity index (χ1) is 13.5. The summed E-state index contributed by atoms with van der Waals surface area (Å²) in [4.78, 5) is 35.8. The summed E-state index contributed by atoms with van der Waals surface area (Å²) in [5.41, 5.74) is 0.978. The van der Waals surface area contributed by atoms with E-state index in [0.717, 1.165) is 12.0 Å². The lowest BCUT2D eigenvalue weighted by atomic mass is 9.91. The molecule has 1 amide bonds. The summed E-state index contributed by atoms with van der Waals surface area (Å²) in [6.07, 6.45) is 1.16. The maximum absolute atomic E-state index is 12.7. The van der Waals surface area contributed by atoms with Gasteiger partial charge in [0.1, 0.15) is 28.7 Å². The van der Waals surface area contributed by atoms with E-state index < -0.39 is 23.5 Å². The Morgan fingerprint density at radius 3 is 2.69 bits per heavy atom. The van der Waals surface area contributed by atoms with Crippen molar-refractivity contribution in [1.82, 2.24) is 5.32 Å². The lowest BCUT2D eigenvalue weighted by molar-refractivity contribution is -0.141. The van der Waals surface area contributed by atoms with E-state index in [-0.39, 0.29) is 17.6 Å². The number of carboxylic acid groups (broad SMARTS) is 1. The number of nitrogens with one attached hydrogen (secondary N) is 1. The van der Waals surface area contributed by atoms with Gasteiger partial charge in [0.2, 0.25) is 5.91 Å². The molecule has 1 aliphatic heterocycles. The Balaban J connectivity index is 2.10. The van der Waals surface area contributed by atoms with Crippen molar-refractivity contribution in [2.75, 3.05) is 7.11 Å². The Labute approximate surface area is 167 Å². The topological polar surface area (TPSA) is 115 Å². The van der Waals surface area contributed by atoms with Crippen LogP contribution in [-0.2, 0) is 22.4 Å². The van der Waals surface area contributed by atoms with Gasteiger partial charge >= 0.3 is 11.6 Å². The van der Waals surface area contributed by atoms with Crippen LogP contribution in [0.5, 0.6) is 11.5 Å². The molecule has 8 nitrogen and oxygen atoms in total. The van der Waals surface area contributed by atoms with Crippen LogP contribution in [0, 0.1) is 6.92 Å². The van der Waals surface area contributed by atoms with Gasteiger partial charge in [-0.1, -0.05) is 0 Å².